The Hall–Kier alpha value is -3.42. The highest BCUT2D eigenvalue weighted by atomic mass is 16.5. The molecule has 8 heteroatoms. The van der Waals surface area contributed by atoms with Crippen molar-refractivity contribution in [2.45, 2.75) is 46.2 Å². The minimum Gasteiger partial charge on any atom is -0.404 e. The van der Waals surface area contributed by atoms with Crippen molar-refractivity contribution in [3.05, 3.63) is 47.5 Å². The van der Waals surface area contributed by atoms with E-state index in [1.807, 2.05) is 43.0 Å². The molecule has 0 spiro atoms. The lowest BCUT2D eigenvalue weighted by atomic mass is 10.0. The maximum atomic E-state index is 13.0. The van der Waals surface area contributed by atoms with Crippen LogP contribution in [0, 0.1) is 12.8 Å². The van der Waals surface area contributed by atoms with Gasteiger partial charge in [0.05, 0.1) is 29.7 Å². The third-order valence-electron chi connectivity index (χ3n) is 5.61. The van der Waals surface area contributed by atoms with Crippen molar-refractivity contribution in [1.82, 2.24) is 5.16 Å². The Bertz CT molecular complexity index is 1070. The van der Waals surface area contributed by atoms with Crippen LogP contribution >= 0.6 is 0 Å². The van der Waals surface area contributed by atoms with Gasteiger partial charge in [-0.1, -0.05) is 11.2 Å². The Balaban J connectivity index is 1.65. The van der Waals surface area contributed by atoms with Crippen molar-refractivity contribution < 1.29 is 14.1 Å². The van der Waals surface area contributed by atoms with E-state index >= 15 is 0 Å². The van der Waals surface area contributed by atoms with Gasteiger partial charge in [-0.05, 0) is 44.4 Å². The number of rotatable bonds is 5. The largest absolute Gasteiger partial charge is 0.404 e. The zero-order chi connectivity index (χ0) is 22.1. The highest BCUT2D eigenvalue weighted by Crippen LogP contribution is 2.41. The maximum absolute atomic E-state index is 13.0. The lowest BCUT2D eigenvalue weighted by Gasteiger charge is -2.41. The van der Waals surface area contributed by atoms with E-state index in [4.69, 9.17) is 10.3 Å². The number of carbonyl (C=O) groups is 2. The molecule has 1 saturated carbocycles. The van der Waals surface area contributed by atoms with E-state index in [2.05, 4.69) is 10.1 Å². The zero-order valence-corrected chi connectivity index (χ0v) is 18.0. The molecule has 1 aliphatic carbocycles. The summed E-state index contributed by atoms with van der Waals surface area (Å²) in [6.07, 6.45) is 5.02. The molecule has 1 aliphatic heterocycles. The summed E-state index contributed by atoms with van der Waals surface area (Å²) in [5, 5.41) is 3.85. The number of aromatic nitrogens is 1. The van der Waals surface area contributed by atoms with Gasteiger partial charge in [0.2, 0.25) is 11.8 Å². The summed E-state index contributed by atoms with van der Waals surface area (Å²) < 4.78 is 5.18. The highest BCUT2D eigenvalue weighted by Gasteiger charge is 2.39. The number of fused-ring (bicyclic) bond motifs is 1. The Morgan fingerprint density at radius 1 is 1.29 bits per heavy atom. The normalized spacial score (nSPS) is 19.1. The van der Waals surface area contributed by atoms with Crippen LogP contribution in [0.5, 0.6) is 0 Å². The van der Waals surface area contributed by atoms with E-state index in [9.17, 15) is 9.59 Å². The minimum atomic E-state index is -0.0880. The lowest BCUT2D eigenvalue weighted by Crippen LogP contribution is -2.51. The molecule has 162 valence electrons. The molecule has 1 atom stereocenters. The molecular formula is C23H27N5O3. The summed E-state index contributed by atoms with van der Waals surface area (Å²) in [6.45, 7) is 6.20. The molecule has 0 radical (unpaired) electrons. The van der Waals surface area contributed by atoms with E-state index < -0.39 is 0 Å². The molecular weight excluding hydrogens is 394 g/mol. The number of allylic oxidation sites excluding steroid dienone is 1. The first-order chi connectivity index (χ1) is 14.9. The van der Waals surface area contributed by atoms with E-state index in [-0.39, 0.29) is 23.8 Å². The quantitative estimate of drug-likeness (QED) is 0.747. The monoisotopic (exact) mass is 421 g/mol. The molecule has 2 heterocycles. The van der Waals surface area contributed by atoms with Crippen LogP contribution in [-0.4, -0.2) is 35.8 Å². The van der Waals surface area contributed by atoms with Crippen LogP contribution in [0.3, 0.4) is 0 Å². The van der Waals surface area contributed by atoms with Gasteiger partial charge in [0.15, 0.2) is 5.76 Å². The van der Waals surface area contributed by atoms with Crippen molar-refractivity contribution in [3.8, 4) is 0 Å². The second-order valence-corrected chi connectivity index (χ2v) is 8.19. The van der Waals surface area contributed by atoms with E-state index in [0.717, 1.165) is 35.5 Å². The van der Waals surface area contributed by atoms with Gasteiger partial charge in [-0.15, -0.1) is 0 Å². The SMILES string of the molecule is CC(=O)N1c2ccc(C(C=NCc3cc(C)no3)=CN)cc2N(C(=O)C2CC2)C[C@@H]1C. The van der Waals surface area contributed by atoms with Crippen LogP contribution in [-0.2, 0) is 16.1 Å². The average molecular weight is 422 g/mol. The van der Waals surface area contributed by atoms with E-state index in [1.165, 1.54) is 6.20 Å². The maximum Gasteiger partial charge on any atom is 0.230 e. The number of carbonyl (C=O) groups excluding carboxylic acids is 2. The first-order valence-electron chi connectivity index (χ1n) is 10.5. The van der Waals surface area contributed by atoms with Gasteiger partial charge < -0.3 is 20.1 Å². The Morgan fingerprint density at radius 2 is 2.06 bits per heavy atom. The zero-order valence-electron chi connectivity index (χ0n) is 18.0. The molecule has 4 rings (SSSR count). The Kier molecular flexibility index (Phi) is 5.63. The van der Waals surface area contributed by atoms with Crippen LogP contribution < -0.4 is 15.5 Å². The number of nitrogens with zero attached hydrogens (tertiary/aromatic N) is 4. The second-order valence-electron chi connectivity index (χ2n) is 8.19. The van der Waals surface area contributed by atoms with Gasteiger partial charge in [0.1, 0.15) is 0 Å². The van der Waals surface area contributed by atoms with Crippen LogP contribution in [0.1, 0.15) is 43.7 Å². The predicted molar refractivity (Wildman–Crippen MR) is 120 cm³/mol. The molecule has 0 unspecified atom stereocenters. The molecule has 2 aliphatic rings. The summed E-state index contributed by atoms with van der Waals surface area (Å²) >= 11 is 0. The number of anilines is 2. The first kappa shape index (κ1) is 20.8. The van der Waals surface area contributed by atoms with Crippen LogP contribution in [0.2, 0.25) is 0 Å². The standard InChI is InChI=1S/C23H27N5O3/c1-14-8-20(31-26-14)12-25-11-19(10-24)18-6-7-21-22(9-18)27(23(30)17-4-5-17)13-15(2)28(21)16(3)29/h6-11,15,17H,4-5,12-13,24H2,1-3H3/t15-/m0/s1. The summed E-state index contributed by atoms with van der Waals surface area (Å²) in [7, 11) is 0. The van der Waals surface area contributed by atoms with Gasteiger partial charge in [0, 0.05) is 43.4 Å². The average Bonchev–Trinajstić information content (AvgIpc) is 3.51. The lowest BCUT2D eigenvalue weighted by molar-refractivity contribution is -0.120. The molecule has 31 heavy (non-hydrogen) atoms. The van der Waals surface area contributed by atoms with Gasteiger partial charge in [-0.2, -0.15) is 0 Å². The van der Waals surface area contributed by atoms with E-state index in [0.29, 0.717) is 24.4 Å². The highest BCUT2D eigenvalue weighted by molar-refractivity contribution is 6.11. The summed E-state index contributed by atoms with van der Waals surface area (Å²) in [4.78, 5) is 33.3. The summed E-state index contributed by atoms with van der Waals surface area (Å²) in [5.41, 5.74) is 9.71. The van der Waals surface area contributed by atoms with Crippen LogP contribution in [0.4, 0.5) is 11.4 Å². The molecule has 2 amide bonds. The molecule has 1 fully saturated rings. The minimum absolute atomic E-state index is 0.0430. The third kappa shape index (κ3) is 4.23. The van der Waals surface area contributed by atoms with Crippen molar-refractivity contribution in [2.24, 2.45) is 16.6 Å². The van der Waals surface area contributed by atoms with E-state index in [1.54, 1.807) is 18.0 Å². The Labute approximate surface area is 181 Å². The van der Waals surface area contributed by atoms with Crippen LogP contribution in [0.15, 0.2) is 40.0 Å². The molecule has 2 aromatic rings. The summed E-state index contributed by atoms with van der Waals surface area (Å²) in [5.74, 6) is 0.839. The molecule has 0 saturated heterocycles. The summed E-state index contributed by atoms with van der Waals surface area (Å²) in [6, 6.07) is 7.44. The predicted octanol–water partition coefficient (Wildman–Crippen LogP) is 3.05. The Morgan fingerprint density at radius 3 is 2.68 bits per heavy atom. The molecule has 1 aromatic carbocycles. The number of benzene rings is 1. The number of hydrogen-bond acceptors (Lipinski definition) is 6. The fraction of sp³-hybridized carbons (Fsp3) is 0.391. The smallest absolute Gasteiger partial charge is 0.230 e. The molecule has 0 bridgehead atoms. The van der Waals surface area contributed by atoms with Gasteiger partial charge >= 0.3 is 0 Å². The molecule has 1 aromatic heterocycles. The number of nitrogens with two attached hydrogens (primary N) is 1. The van der Waals surface area contributed by atoms with Crippen molar-refractivity contribution in [1.29, 1.82) is 0 Å². The first-order valence-corrected chi connectivity index (χ1v) is 10.5. The second kappa shape index (κ2) is 8.37. The van der Waals surface area contributed by atoms with Gasteiger partial charge in [-0.3, -0.25) is 14.6 Å². The fourth-order valence-corrected chi connectivity index (χ4v) is 3.98. The van der Waals surface area contributed by atoms with Gasteiger partial charge in [0.25, 0.3) is 0 Å². The number of aliphatic imine (C=N–C) groups is 1. The number of amides is 2. The van der Waals surface area contributed by atoms with Crippen molar-refractivity contribution in [2.75, 3.05) is 16.3 Å². The van der Waals surface area contributed by atoms with Crippen molar-refractivity contribution in [3.63, 3.8) is 0 Å². The van der Waals surface area contributed by atoms with Crippen molar-refractivity contribution >= 4 is 35.0 Å². The molecule has 8 nitrogen and oxygen atoms in total. The number of hydrogen-bond donors (Lipinski definition) is 1. The topological polar surface area (TPSA) is 105 Å². The van der Waals surface area contributed by atoms with Gasteiger partial charge in [-0.25, -0.2) is 0 Å². The third-order valence-corrected chi connectivity index (χ3v) is 5.61. The molecule has 2 N–H and O–H groups in total. The van der Waals surface area contributed by atoms with Crippen LogP contribution in [0.25, 0.3) is 5.57 Å². The number of aryl methyl sites for hydroxylation is 1. The fourth-order valence-electron chi connectivity index (χ4n) is 3.98.